The molecule has 0 N–H and O–H groups in total. The van der Waals surface area contributed by atoms with Crippen LogP contribution in [0, 0.1) is 11.3 Å². The fourth-order valence-corrected chi connectivity index (χ4v) is 2.98. The third kappa shape index (κ3) is 2.43. The molecule has 1 atom stereocenters. The van der Waals surface area contributed by atoms with E-state index >= 15 is 0 Å². The summed E-state index contributed by atoms with van der Waals surface area (Å²) in [6.45, 7) is 6.09. The molecule has 0 radical (unpaired) electrons. The monoisotopic (exact) mass is 278 g/mol. The first-order valence-electron chi connectivity index (χ1n) is 6.61. The fraction of sp³-hybridized carbons (Fsp3) is 0.615. The third-order valence-corrected chi connectivity index (χ3v) is 3.87. The van der Waals surface area contributed by atoms with Crippen molar-refractivity contribution in [2.24, 2.45) is 4.99 Å². The number of rotatable bonds is 4. The maximum absolute atomic E-state index is 9.45. The van der Waals surface area contributed by atoms with Crippen LogP contribution in [0.5, 0.6) is 0 Å². The first kappa shape index (κ1) is 13.8. The van der Waals surface area contributed by atoms with Crippen molar-refractivity contribution in [2.45, 2.75) is 32.7 Å². The summed E-state index contributed by atoms with van der Waals surface area (Å²) < 4.78 is 5.15. The molecule has 2 aliphatic heterocycles. The topological polar surface area (TPSA) is 51.9 Å². The van der Waals surface area contributed by atoms with Crippen LogP contribution < -0.4 is 0 Å². The molecule has 0 amide bonds. The van der Waals surface area contributed by atoms with Gasteiger partial charge in [0, 0.05) is 13.1 Å². The number of nitriles is 1. The maximum Gasteiger partial charge on any atom is 0.177 e. The highest BCUT2D eigenvalue weighted by atomic mass is 32.1. The molecule has 0 aromatic rings. The van der Waals surface area contributed by atoms with Crippen LogP contribution in [0.4, 0.5) is 0 Å². The van der Waals surface area contributed by atoms with Crippen LogP contribution in [-0.2, 0) is 4.74 Å². The third-order valence-electron chi connectivity index (χ3n) is 3.41. The molecule has 1 fully saturated rings. The first-order valence-corrected chi connectivity index (χ1v) is 7.01. The molecular formula is C13H18N4OS. The predicted octanol–water partition coefficient (Wildman–Crippen LogP) is 1.87. The van der Waals surface area contributed by atoms with E-state index in [9.17, 15) is 5.26 Å². The zero-order valence-corrected chi connectivity index (χ0v) is 12.1. The van der Waals surface area contributed by atoms with Crippen molar-refractivity contribution >= 4 is 23.7 Å². The van der Waals surface area contributed by atoms with Gasteiger partial charge in [0.25, 0.3) is 0 Å². The summed E-state index contributed by atoms with van der Waals surface area (Å²) in [7, 11) is 0. The summed E-state index contributed by atoms with van der Waals surface area (Å²) >= 11 is 5.51. The van der Waals surface area contributed by atoms with Crippen LogP contribution in [-0.4, -0.2) is 47.1 Å². The lowest BCUT2D eigenvalue weighted by Gasteiger charge is -2.39. The minimum Gasteiger partial charge on any atom is -0.483 e. The van der Waals surface area contributed by atoms with Gasteiger partial charge >= 0.3 is 0 Å². The maximum atomic E-state index is 9.45. The van der Waals surface area contributed by atoms with Crippen LogP contribution in [0.1, 0.15) is 26.7 Å². The Morgan fingerprint density at radius 2 is 2.37 bits per heavy atom. The van der Waals surface area contributed by atoms with E-state index in [0.717, 1.165) is 24.5 Å². The predicted molar refractivity (Wildman–Crippen MR) is 77.5 cm³/mol. The van der Waals surface area contributed by atoms with Crippen molar-refractivity contribution in [3.05, 3.63) is 11.4 Å². The molecule has 0 aliphatic carbocycles. The van der Waals surface area contributed by atoms with Gasteiger partial charge in [0.15, 0.2) is 17.3 Å². The second kappa shape index (κ2) is 6.02. The van der Waals surface area contributed by atoms with E-state index in [4.69, 9.17) is 17.0 Å². The Labute approximate surface area is 119 Å². The highest BCUT2D eigenvalue weighted by Crippen LogP contribution is 2.33. The molecule has 2 heterocycles. The van der Waals surface area contributed by atoms with Crippen molar-refractivity contribution in [3.63, 3.8) is 0 Å². The number of aliphatic imine (C=N–C) groups is 1. The van der Waals surface area contributed by atoms with Crippen LogP contribution in [0.15, 0.2) is 16.4 Å². The summed E-state index contributed by atoms with van der Waals surface area (Å²) in [6.07, 6.45) is 3.44. The quantitative estimate of drug-likeness (QED) is 0.446. The van der Waals surface area contributed by atoms with Crippen molar-refractivity contribution in [1.82, 2.24) is 9.80 Å². The van der Waals surface area contributed by atoms with Gasteiger partial charge in [0.2, 0.25) is 0 Å². The Morgan fingerprint density at radius 1 is 1.58 bits per heavy atom. The molecule has 1 saturated heterocycles. The molecule has 0 saturated carbocycles. The summed E-state index contributed by atoms with van der Waals surface area (Å²) in [5, 5.41) is 10.2. The molecule has 102 valence electrons. The van der Waals surface area contributed by atoms with E-state index in [1.165, 1.54) is 6.40 Å². The molecule has 1 unspecified atom stereocenters. The molecule has 2 aliphatic rings. The number of hydrogen-bond donors (Lipinski definition) is 0. The minimum absolute atomic E-state index is 0.0917. The Hall–Kier alpha value is -1.61. The Morgan fingerprint density at radius 3 is 3.00 bits per heavy atom. The summed E-state index contributed by atoms with van der Waals surface area (Å²) in [6, 6.07) is 2.40. The van der Waals surface area contributed by atoms with Gasteiger partial charge in [0.1, 0.15) is 6.07 Å². The summed E-state index contributed by atoms with van der Waals surface area (Å²) in [4.78, 5) is 8.35. The Bertz CT molecular complexity index is 466. The second-order valence-electron chi connectivity index (χ2n) is 4.42. The largest absolute Gasteiger partial charge is 0.483 e. The van der Waals surface area contributed by atoms with E-state index in [-0.39, 0.29) is 6.04 Å². The molecule has 0 spiro atoms. The Balaban J connectivity index is 2.41. The van der Waals surface area contributed by atoms with Gasteiger partial charge in [0.05, 0.1) is 18.2 Å². The number of fused-ring (bicyclic) bond motifs is 1. The van der Waals surface area contributed by atoms with Crippen molar-refractivity contribution in [1.29, 1.82) is 5.26 Å². The summed E-state index contributed by atoms with van der Waals surface area (Å²) in [5.74, 6) is 0.645. The van der Waals surface area contributed by atoms with Crippen molar-refractivity contribution in [3.8, 4) is 6.07 Å². The smallest absolute Gasteiger partial charge is 0.177 e. The zero-order valence-electron chi connectivity index (χ0n) is 11.3. The van der Waals surface area contributed by atoms with Gasteiger partial charge in [-0.3, -0.25) is 0 Å². The van der Waals surface area contributed by atoms with E-state index in [1.807, 2.05) is 18.7 Å². The highest BCUT2D eigenvalue weighted by molar-refractivity contribution is 7.80. The van der Waals surface area contributed by atoms with E-state index in [1.54, 1.807) is 0 Å². The van der Waals surface area contributed by atoms with Gasteiger partial charge in [-0.1, -0.05) is 0 Å². The number of hydrogen-bond acceptors (Lipinski definition) is 4. The molecule has 19 heavy (non-hydrogen) atoms. The van der Waals surface area contributed by atoms with Gasteiger partial charge in [-0.15, -0.1) is 0 Å². The van der Waals surface area contributed by atoms with Crippen LogP contribution >= 0.6 is 12.2 Å². The SMILES string of the molecule is CCOC=NC1=C(C#N)C2CCCN2C(=S)N1CC. The Kier molecular flexibility index (Phi) is 4.38. The van der Waals surface area contributed by atoms with Gasteiger partial charge in [-0.2, -0.15) is 5.26 Å². The van der Waals surface area contributed by atoms with E-state index in [2.05, 4.69) is 16.0 Å². The molecule has 6 heteroatoms. The van der Waals surface area contributed by atoms with Crippen LogP contribution in [0.2, 0.25) is 0 Å². The molecular weight excluding hydrogens is 260 g/mol. The fourth-order valence-electron chi connectivity index (χ4n) is 2.55. The number of thiocarbonyl (C=S) groups is 1. The second-order valence-corrected chi connectivity index (χ2v) is 4.78. The van der Waals surface area contributed by atoms with Crippen molar-refractivity contribution in [2.75, 3.05) is 19.7 Å². The molecule has 0 aromatic carbocycles. The number of nitrogens with zero attached hydrogens (tertiary/aromatic N) is 4. The average Bonchev–Trinajstić information content (AvgIpc) is 2.89. The van der Waals surface area contributed by atoms with E-state index in [0.29, 0.717) is 24.5 Å². The van der Waals surface area contributed by atoms with Gasteiger partial charge in [-0.25, -0.2) is 4.99 Å². The van der Waals surface area contributed by atoms with Gasteiger partial charge < -0.3 is 14.5 Å². The lowest BCUT2D eigenvalue weighted by atomic mass is 10.0. The van der Waals surface area contributed by atoms with E-state index < -0.39 is 0 Å². The minimum atomic E-state index is 0.0917. The number of ether oxygens (including phenoxy) is 1. The molecule has 2 rings (SSSR count). The molecule has 5 nitrogen and oxygen atoms in total. The molecule has 0 aromatic heterocycles. The zero-order chi connectivity index (χ0) is 13.8. The molecule has 0 bridgehead atoms. The summed E-state index contributed by atoms with van der Waals surface area (Å²) in [5.41, 5.74) is 0.698. The standard InChI is InChI=1S/C13H18N4OS/c1-3-16-12(15-9-18-4-2)10(8-14)11-6-5-7-17(11)13(16)19/h9,11H,3-7H2,1-2H3. The lowest BCUT2D eigenvalue weighted by Crippen LogP contribution is -2.50. The highest BCUT2D eigenvalue weighted by Gasteiger charge is 2.39. The normalized spacial score (nSPS) is 23.0. The van der Waals surface area contributed by atoms with Crippen LogP contribution in [0.25, 0.3) is 0 Å². The van der Waals surface area contributed by atoms with Crippen molar-refractivity contribution < 1.29 is 4.74 Å². The first-order chi connectivity index (χ1) is 9.24. The van der Waals surface area contributed by atoms with Gasteiger partial charge in [-0.05, 0) is 38.9 Å². The average molecular weight is 278 g/mol. The lowest BCUT2D eigenvalue weighted by molar-refractivity contribution is 0.328. The van der Waals surface area contributed by atoms with Crippen LogP contribution in [0.3, 0.4) is 0 Å².